The molecule has 0 bridgehead atoms. The first-order chi connectivity index (χ1) is 3.89. The average molecular weight is 167 g/mol. The van der Waals surface area contributed by atoms with Crippen LogP contribution in [0.3, 0.4) is 0 Å². The minimum Gasteiger partial charge on any atom is -0.344 e. The summed E-state index contributed by atoms with van der Waals surface area (Å²) in [6.45, 7) is 0. The molecular weight excluding hydrogens is 148 g/mol. The van der Waals surface area contributed by atoms with Gasteiger partial charge in [0.15, 0.2) is 0 Å². The van der Waals surface area contributed by atoms with E-state index >= 15 is 0 Å². The maximum absolute atomic E-state index is 5.73. The zero-order valence-electron chi connectivity index (χ0n) is 6.51. The van der Waals surface area contributed by atoms with Crippen LogP contribution in [0.5, 0.6) is 0 Å². The van der Waals surface area contributed by atoms with Crippen molar-refractivity contribution in [2.75, 3.05) is 0 Å². The molecule has 3 heteroatoms. The second-order valence-electron chi connectivity index (χ2n) is 2.75. The van der Waals surface area contributed by atoms with Crippen molar-refractivity contribution in [3.05, 3.63) is 0 Å². The Hall–Kier alpha value is 0.210. The second kappa shape index (κ2) is 7.32. The molecule has 0 aromatic carbocycles. The quantitative estimate of drug-likeness (QED) is 0.543. The fourth-order valence-corrected chi connectivity index (χ4v) is 1.31. The van der Waals surface area contributed by atoms with Gasteiger partial charge in [0, 0.05) is 6.04 Å². The van der Waals surface area contributed by atoms with Crippen molar-refractivity contribution in [1.29, 1.82) is 0 Å². The van der Waals surface area contributed by atoms with Crippen LogP contribution in [0.2, 0.25) is 0 Å². The molecule has 0 aromatic rings. The van der Waals surface area contributed by atoms with Crippen molar-refractivity contribution in [3.63, 3.8) is 0 Å². The van der Waals surface area contributed by atoms with Gasteiger partial charge in [-0.15, -0.1) is 12.4 Å². The SMILES string of the molecule is Cl.N.NC1CCCCCC1. The van der Waals surface area contributed by atoms with Crippen LogP contribution in [0, 0.1) is 0 Å². The molecule has 0 spiro atoms. The van der Waals surface area contributed by atoms with Crippen molar-refractivity contribution in [3.8, 4) is 0 Å². The molecular formula is C7H19ClN2. The molecule has 0 radical (unpaired) electrons. The van der Waals surface area contributed by atoms with Gasteiger partial charge in [-0.1, -0.05) is 25.7 Å². The third-order valence-corrected chi connectivity index (χ3v) is 1.90. The molecule has 0 unspecified atom stereocenters. The second-order valence-corrected chi connectivity index (χ2v) is 2.75. The summed E-state index contributed by atoms with van der Waals surface area (Å²) in [5.74, 6) is 0. The van der Waals surface area contributed by atoms with Gasteiger partial charge in [-0.3, -0.25) is 0 Å². The fourth-order valence-electron chi connectivity index (χ4n) is 1.31. The summed E-state index contributed by atoms with van der Waals surface area (Å²) in [4.78, 5) is 0. The largest absolute Gasteiger partial charge is 0.344 e. The topological polar surface area (TPSA) is 61.0 Å². The number of nitrogens with two attached hydrogens (primary N) is 1. The molecule has 2 nitrogen and oxygen atoms in total. The molecule has 10 heavy (non-hydrogen) atoms. The highest BCUT2D eigenvalue weighted by Crippen LogP contribution is 2.14. The first-order valence-corrected chi connectivity index (χ1v) is 3.65. The highest BCUT2D eigenvalue weighted by Gasteiger charge is 2.05. The lowest BCUT2D eigenvalue weighted by molar-refractivity contribution is 0.583. The van der Waals surface area contributed by atoms with Crippen LogP contribution in [0.25, 0.3) is 0 Å². The highest BCUT2D eigenvalue weighted by molar-refractivity contribution is 5.85. The van der Waals surface area contributed by atoms with Gasteiger partial charge < -0.3 is 11.9 Å². The van der Waals surface area contributed by atoms with Gasteiger partial charge in [0.05, 0.1) is 0 Å². The van der Waals surface area contributed by atoms with E-state index in [2.05, 4.69) is 0 Å². The summed E-state index contributed by atoms with van der Waals surface area (Å²) in [5.41, 5.74) is 5.73. The first-order valence-electron chi connectivity index (χ1n) is 3.65. The van der Waals surface area contributed by atoms with Crippen LogP contribution in [-0.4, -0.2) is 6.04 Å². The lowest BCUT2D eigenvalue weighted by Crippen LogP contribution is -2.17. The van der Waals surface area contributed by atoms with E-state index in [1.54, 1.807) is 0 Å². The third kappa shape index (κ3) is 5.03. The van der Waals surface area contributed by atoms with Gasteiger partial charge in [0.2, 0.25) is 0 Å². The Morgan fingerprint density at radius 3 is 1.70 bits per heavy atom. The molecule has 0 heterocycles. The molecule has 1 aliphatic carbocycles. The fraction of sp³-hybridized carbons (Fsp3) is 1.00. The number of hydrogen-bond acceptors (Lipinski definition) is 2. The maximum atomic E-state index is 5.73. The third-order valence-electron chi connectivity index (χ3n) is 1.90. The first kappa shape index (κ1) is 12.8. The van der Waals surface area contributed by atoms with Crippen LogP contribution in [-0.2, 0) is 0 Å². The van der Waals surface area contributed by atoms with Crippen LogP contribution in [0.1, 0.15) is 38.5 Å². The Labute approximate surface area is 69.6 Å². The molecule has 0 aliphatic heterocycles. The van der Waals surface area contributed by atoms with Crippen LogP contribution in [0.15, 0.2) is 0 Å². The molecule has 1 saturated carbocycles. The monoisotopic (exact) mass is 166 g/mol. The molecule has 0 amide bonds. The predicted octanol–water partition coefficient (Wildman–Crippen LogP) is 2.25. The minimum atomic E-state index is 0. The molecule has 1 aliphatic rings. The van der Waals surface area contributed by atoms with E-state index in [0.29, 0.717) is 6.04 Å². The predicted molar refractivity (Wildman–Crippen MR) is 47.9 cm³/mol. The zero-order chi connectivity index (χ0) is 5.82. The number of halogens is 1. The Morgan fingerprint density at radius 2 is 1.30 bits per heavy atom. The van der Waals surface area contributed by atoms with Crippen molar-refractivity contribution < 1.29 is 0 Å². The zero-order valence-corrected chi connectivity index (χ0v) is 7.33. The van der Waals surface area contributed by atoms with Crippen LogP contribution in [0.4, 0.5) is 0 Å². The van der Waals surface area contributed by atoms with E-state index in [1.165, 1.54) is 38.5 Å². The standard InChI is InChI=1S/C7H15N.ClH.H3N/c8-7-5-3-1-2-4-6-7;;/h7H,1-6,8H2;1H;1H3. The summed E-state index contributed by atoms with van der Waals surface area (Å²) in [6.07, 6.45) is 8.07. The molecule has 0 aromatic heterocycles. The van der Waals surface area contributed by atoms with E-state index in [0.717, 1.165) is 0 Å². The van der Waals surface area contributed by atoms with Gasteiger partial charge in [-0.25, -0.2) is 0 Å². The minimum absolute atomic E-state index is 0. The van der Waals surface area contributed by atoms with Gasteiger partial charge in [-0.2, -0.15) is 0 Å². The van der Waals surface area contributed by atoms with Gasteiger partial charge >= 0.3 is 0 Å². The molecule has 64 valence electrons. The van der Waals surface area contributed by atoms with E-state index < -0.39 is 0 Å². The van der Waals surface area contributed by atoms with E-state index in [4.69, 9.17) is 5.73 Å². The van der Waals surface area contributed by atoms with Crippen LogP contribution >= 0.6 is 12.4 Å². The lowest BCUT2D eigenvalue weighted by Gasteiger charge is -2.03. The van der Waals surface area contributed by atoms with Gasteiger partial charge in [0.1, 0.15) is 0 Å². The van der Waals surface area contributed by atoms with E-state index in [-0.39, 0.29) is 18.6 Å². The summed E-state index contributed by atoms with van der Waals surface area (Å²) in [5, 5.41) is 0. The number of rotatable bonds is 0. The lowest BCUT2D eigenvalue weighted by atomic mass is 10.1. The van der Waals surface area contributed by atoms with Crippen molar-refractivity contribution >= 4 is 12.4 Å². The summed E-state index contributed by atoms with van der Waals surface area (Å²) in [6, 6.07) is 0.525. The van der Waals surface area contributed by atoms with Gasteiger partial charge in [-0.05, 0) is 12.8 Å². The molecule has 0 atom stereocenters. The highest BCUT2D eigenvalue weighted by atomic mass is 35.5. The Kier molecular flexibility index (Phi) is 9.40. The van der Waals surface area contributed by atoms with Crippen molar-refractivity contribution in [2.24, 2.45) is 5.73 Å². The Morgan fingerprint density at radius 1 is 0.900 bits per heavy atom. The van der Waals surface area contributed by atoms with E-state index in [9.17, 15) is 0 Å². The Balaban J connectivity index is 0. The van der Waals surface area contributed by atoms with Crippen molar-refractivity contribution in [2.45, 2.75) is 44.6 Å². The van der Waals surface area contributed by atoms with Crippen LogP contribution < -0.4 is 11.9 Å². The van der Waals surface area contributed by atoms with Crippen molar-refractivity contribution in [1.82, 2.24) is 6.15 Å². The molecule has 1 fully saturated rings. The van der Waals surface area contributed by atoms with Gasteiger partial charge in [0.25, 0.3) is 0 Å². The summed E-state index contributed by atoms with van der Waals surface area (Å²) in [7, 11) is 0. The molecule has 5 N–H and O–H groups in total. The maximum Gasteiger partial charge on any atom is 0.00388 e. The molecule has 0 saturated heterocycles. The normalized spacial score (nSPS) is 20.1. The summed E-state index contributed by atoms with van der Waals surface area (Å²) >= 11 is 0. The smallest absolute Gasteiger partial charge is 0.00388 e. The summed E-state index contributed by atoms with van der Waals surface area (Å²) < 4.78 is 0. The van der Waals surface area contributed by atoms with E-state index in [1.807, 2.05) is 0 Å². The average Bonchev–Trinajstić information content (AvgIpc) is 1.94. The number of hydrogen-bond donors (Lipinski definition) is 2. The Bertz CT molecular complexity index is 60.6. The molecule has 1 rings (SSSR count).